The number of hydrogen-bond acceptors (Lipinski definition) is 4. The number of benzene rings is 2. The number of rotatable bonds is 4. The number of anilines is 1. The molecular formula is C19H18ClF2N3O. The van der Waals surface area contributed by atoms with Crippen LogP contribution < -0.4 is 4.90 Å². The quantitative estimate of drug-likeness (QED) is 0.803. The Morgan fingerprint density at radius 2 is 2.15 bits per heavy atom. The van der Waals surface area contributed by atoms with E-state index in [9.17, 15) is 8.78 Å². The summed E-state index contributed by atoms with van der Waals surface area (Å²) >= 11 is 6.18. The highest BCUT2D eigenvalue weighted by atomic mass is 35.5. The summed E-state index contributed by atoms with van der Waals surface area (Å²) < 4.78 is 27.8. The summed E-state index contributed by atoms with van der Waals surface area (Å²) in [6.45, 7) is 1.33. The summed E-state index contributed by atoms with van der Waals surface area (Å²) in [7, 11) is 1.83. The number of hydrogen-bond donors (Lipinski definition) is 0. The van der Waals surface area contributed by atoms with Crippen LogP contribution in [0.25, 0.3) is 0 Å². The number of likely N-dealkylation sites (N-methyl/N-ethyl adjacent to an activating group) is 1. The van der Waals surface area contributed by atoms with Crippen molar-refractivity contribution in [2.45, 2.75) is 19.0 Å². The average molecular weight is 378 g/mol. The lowest BCUT2D eigenvalue weighted by molar-refractivity contribution is -0.166. The van der Waals surface area contributed by atoms with Gasteiger partial charge in [-0.25, -0.2) is 8.78 Å². The molecule has 0 amide bonds. The second kappa shape index (κ2) is 8.00. The van der Waals surface area contributed by atoms with Crippen LogP contribution in [0.1, 0.15) is 17.5 Å². The highest BCUT2D eigenvalue weighted by Crippen LogP contribution is 2.29. The Hall–Kier alpha value is -2.20. The van der Waals surface area contributed by atoms with Gasteiger partial charge in [0.15, 0.2) is 11.6 Å². The minimum atomic E-state index is -0.871. The summed E-state index contributed by atoms with van der Waals surface area (Å²) in [5.41, 5.74) is 1.38. The third-order valence-electron chi connectivity index (χ3n) is 4.45. The molecule has 3 rings (SSSR count). The van der Waals surface area contributed by atoms with Crippen molar-refractivity contribution in [3.8, 4) is 6.07 Å². The lowest BCUT2D eigenvalue weighted by atomic mass is 10.1. The van der Waals surface area contributed by atoms with E-state index in [0.717, 1.165) is 18.2 Å². The molecule has 0 aliphatic carbocycles. The topological polar surface area (TPSA) is 39.5 Å². The summed E-state index contributed by atoms with van der Waals surface area (Å²) in [6, 6.07) is 11.3. The normalized spacial score (nSPS) is 17.7. The maximum atomic E-state index is 14.2. The van der Waals surface area contributed by atoms with Crippen LogP contribution in [0.5, 0.6) is 0 Å². The minimum Gasteiger partial charge on any atom is -0.363 e. The standard InChI is InChI=1S/C19H18ClF2N3O/c1-24-12-16(7-8-26-24)25(11-14-3-2-4-18(21)19(14)22)15-6-5-13(10-23)17(20)9-15/h2-6,9,16H,7-8,11-12H2,1H3/t16-/m0/s1. The van der Waals surface area contributed by atoms with Crippen molar-refractivity contribution in [1.82, 2.24) is 5.06 Å². The fourth-order valence-electron chi connectivity index (χ4n) is 3.10. The molecule has 1 atom stereocenters. The molecule has 2 aromatic carbocycles. The van der Waals surface area contributed by atoms with Crippen molar-refractivity contribution >= 4 is 17.3 Å². The average Bonchev–Trinajstić information content (AvgIpc) is 2.63. The summed E-state index contributed by atoms with van der Waals surface area (Å²) in [4.78, 5) is 7.43. The van der Waals surface area contributed by atoms with Gasteiger partial charge in [-0.2, -0.15) is 10.3 Å². The molecule has 0 saturated carbocycles. The Morgan fingerprint density at radius 1 is 1.35 bits per heavy atom. The molecular weight excluding hydrogens is 360 g/mol. The van der Waals surface area contributed by atoms with Gasteiger partial charge in [-0.1, -0.05) is 23.7 Å². The molecule has 2 aromatic rings. The molecule has 0 bridgehead atoms. The predicted molar refractivity (Wildman–Crippen MR) is 95.7 cm³/mol. The van der Waals surface area contributed by atoms with Crippen LogP contribution in [0.3, 0.4) is 0 Å². The molecule has 0 unspecified atom stereocenters. The van der Waals surface area contributed by atoms with Gasteiger partial charge in [0.05, 0.1) is 17.2 Å². The summed E-state index contributed by atoms with van der Waals surface area (Å²) in [5, 5.41) is 11.1. The monoisotopic (exact) mass is 377 g/mol. The third kappa shape index (κ3) is 3.96. The first-order valence-corrected chi connectivity index (χ1v) is 8.60. The van der Waals surface area contributed by atoms with Crippen LogP contribution >= 0.6 is 11.6 Å². The maximum Gasteiger partial charge on any atom is 0.163 e. The first kappa shape index (κ1) is 18.6. The van der Waals surface area contributed by atoms with E-state index in [0.29, 0.717) is 23.7 Å². The van der Waals surface area contributed by atoms with Gasteiger partial charge < -0.3 is 4.90 Å². The zero-order valence-corrected chi connectivity index (χ0v) is 15.0. The first-order chi connectivity index (χ1) is 12.5. The summed E-state index contributed by atoms with van der Waals surface area (Å²) in [5.74, 6) is -1.72. The largest absolute Gasteiger partial charge is 0.363 e. The van der Waals surface area contributed by atoms with Crippen molar-refractivity contribution in [2.24, 2.45) is 0 Å². The predicted octanol–water partition coefficient (Wildman–Crippen LogP) is 4.13. The van der Waals surface area contributed by atoms with Crippen molar-refractivity contribution in [3.05, 3.63) is 64.2 Å². The molecule has 1 saturated heterocycles. The highest BCUT2D eigenvalue weighted by molar-refractivity contribution is 6.32. The van der Waals surface area contributed by atoms with Gasteiger partial charge >= 0.3 is 0 Å². The number of halogens is 3. The van der Waals surface area contributed by atoms with E-state index in [4.69, 9.17) is 21.7 Å². The second-order valence-corrected chi connectivity index (χ2v) is 6.61. The van der Waals surface area contributed by atoms with E-state index >= 15 is 0 Å². The van der Waals surface area contributed by atoms with Crippen molar-refractivity contribution in [2.75, 3.05) is 25.1 Å². The molecule has 0 N–H and O–H groups in total. The third-order valence-corrected chi connectivity index (χ3v) is 4.76. The van der Waals surface area contributed by atoms with Crippen molar-refractivity contribution < 1.29 is 13.6 Å². The van der Waals surface area contributed by atoms with Crippen LogP contribution in [-0.4, -0.2) is 31.3 Å². The van der Waals surface area contributed by atoms with Crippen molar-refractivity contribution in [1.29, 1.82) is 5.26 Å². The molecule has 0 spiro atoms. The van der Waals surface area contributed by atoms with E-state index in [1.54, 1.807) is 29.3 Å². The van der Waals surface area contributed by atoms with Crippen LogP contribution in [0.15, 0.2) is 36.4 Å². The highest BCUT2D eigenvalue weighted by Gasteiger charge is 2.26. The fourth-order valence-corrected chi connectivity index (χ4v) is 3.32. The number of nitrogens with zero attached hydrogens (tertiary/aromatic N) is 3. The van der Waals surface area contributed by atoms with E-state index in [1.165, 1.54) is 6.07 Å². The molecule has 1 heterocycles. The Labute approximate surface area is 156 Å². The van der Waals surface area contributed by atoms with Crippen LogP contribution in [0.4, 0.5) is 14.5 Å². The van der Waals surface area contributed by atoms with Gasteiger partial charge in [0, 0.05) is 37.4 Å². The van der Waals surface area contributed by atoms with Crippen LogP contribution in [0, 0.1) is 23.0 Å². The second-order valence-electron chi connectivity index (χ2n) is 6.20. The summed E-state index contributed by atoms with van der Waals surface area (Å²) in [6.07, 6.45) is 0.735. The molecule has 136 valence electrons. The lowest BCUT2D eigenvalue weighted by Gasteiger charge is -2.39. The Balaban J connectivity index is 1.97. The zero-order chi connectivity index (χ0) is 18.7. The minimum absolute atomic E-state index is 0.0282. The Morgan fingerprint density at radius 3 is 2.85 bits per heavy atom. The maximum absolute atomic E-state index is 14.2. The number of nitriles is 1. The molecule has 1 aliphatic rings. The van der Waals surface area contributed by atoms with Gasteiger partial charge in [0.2, 0.25) is 0 Å². The van der Waals surface area contributed by atoms with Gasteiger partial charge in [0.1, 0.15) is 6.07 Å². The molecule has 7 heteroatoms. The molecule has 26 heavy (non-hydrogen) atoms. The van der Waals surface area contributed by atoms with Gasteiger partial charge in [-0.05, 0) is 30.7 Å². The van der Waals surface area contributed by atoms with E-state index in [-0.39, 0.29) is 18.2 Å². The molecule has 1 aliphatic heterocycles. The first-order valence-electron chi connectivity index (χ1n) is 8.23. The van der Waals surface area contributed by atoms with Crippen LogP contribution in [0.2, 0.25) is 5.02 Å². The zero-order valence-electron chi connectivity index (χ0n) is 14.3. The van der Waals surface area contributed by atoms with E-state index in [2.05, 4.69) is 0 Å². The fraction of sp³-hybridized carbons (Fsp3) is 0.316. The molecule has 4 nitrogen and oxygen atoms in total. The Bertz CT molecular complexity index is 840. The molecule has 1 fully saturated rings. The Kier molecular flexibility index (Phi) is 5.72. The number of hydroxylamine groups is 2. The van der Waals surface area contributed by atoms with Gasteiger partial charge in [-0.15, -0.1) is 0 Å². The molecule has 0 radical (unpaired) electrons. The van der Waals surface area contributed by atoms with Crippen LogP contribution in [-0.2, 0) is 11.4 Å². The van der Waals surface area contributed by atoms with E-state index < -0.39 is 11.6 Å². The van der Waals surface area contributed by atoms with Crippen molar-refractivity contribution in [3.63, 3.8) is 0 Å². The van der Waals surface area contributed by atoms with Gasteiger partial charge in [-0.3, -0.25) is 4.84 Å². The smallest absolute Gasteiger partial charge is 0.163 e. The van der Waals surface area contributed by atoms with E-state index in [1.807, 2.05) is 18.0 Å². The lowest BCUT2D eigenvalue weighted by Crippen LogP contribution is -2.47. The molecule has 0 aromatic heterocycles. The van der Waals surface area contributed by atoms with Gasteiger partial charge in [0.25, 0.3) is 0 Å². The SMILES string of the molecule is CN1C[C@@H](N(Cc2cccc(F)c2F)c2ccc(C#N)c(Cl)c2)CCO1.